The Bertz CT molecular complexity index is 740. The Morgan fingerprint density at radius 3 is 2.26 bits per heavy atom. The second-order valence-electron chi connectivity index (χ2n) is 4.68. The average Bonchev–Trinajstić information content (AvgIpc) is 2.59. The molecule has 0 heterocycles. The largest absolute Gasteiger partial charge is 0.497 e. The average molecular weight is 309 g/mol. The fourth-order valence-electron chi connectivity index (χ4n) is 1.86. The summed E-state index contributed by atoms with van der Waals surface area (Å²) in [5.74, 6) is 0.204. The summed E-state index contributed by atoms with van der Waals surface area (Å²) >= 11 is 0. The highest BCUT2D eigenvalue weighted by Crippen LogP contribution is 2.17. The zero-order valence-corrected chi connectivity index (χ0v) is 12.5. The van der Waals surface area contributed by atoms with E-state index in [0.29, 0.717) is 17.9 Å². The van der Waals surface area contributed by atoms with Crippen molar-refractivity contribution in [2.24, 2.45) is 0 Å². The van der Waals surface area contributed by atoms with Crippen molar-refractivity contribution in [3.8, 4) is 17.6 Å². The molecule has 0 aliphatic carbocycles. The van der Waals surface area contributed by atoms with Crippen molar-refractivity contribution < 1.29 is 19.4 Å². The van der Waals surface area contributed by atoms with Crippen LogP contribution in [0.2, 0.25) is 0 Å². The van der Waals surface area contributed by atoms with Crippen molar-refractivity contribution >= 4 is 12.0 Å². The maximum Gasteiger partial charge on any atom is 0.346 e. The quantitative estimate of drug-likeness (QED) is 0.654. The highest BCUT2D eigenvalue weighted by Gasteiger charge is 2.05. The van der Waals surface area contributed by atoms with Crippen molar-refractivity contribution in [3.05, 3.63) is 65.2 Å². The minimum atomic E-state index is -1.24. The van der Waals surface area contributed by atoms with Crippen LogP contribution in [0.1, 0.15) is 11.1 Å². The number of benzene rings is 2. The van der Waals surface area contributed by atoms with Gasteiger partial charge in [0.25, 0.3) is 0 Å². The second kappa shape index (κ2) is 7.66. The molecule has 0 saturated carbocycles. The molecule has 0 atom stereocenters. The van der Waals surface area contributed by atoms with Gasteiger partial charge in [-0.2, -0.15) is 5.26 Å². The molecule has 2 aromatic rings. The van der Waals surface area contributed by atoms with Crippen LogP contribution < -0.4 is 9.47 Å². The van der Waals surface area contributed by atoms with Crippen LogP contribution in [-0.4, -0.2) is 18.2 Å². The first kappa shape index (κ1) is 16.1. The standard InChI is InChI=1S/C18H15NO4/c1-22-16-6-4-14(5-7-16)12-23-17-8-2-13(3-9-17)10-15(11-19)18(20)21/h2-10H,12H2,1H3,(H,20,21)/b15-10+. The molecule has 0 aliphatic rings. The second-order valence-corrected chi connectivity index (χ2v) is 4.68. The van der Waals surface area contributed by atoms with Crippen LogP contribution in [0.4, 0.5) is 0 Å². The van der Waals surface area contributed by atoms with E-state index in [0.717, 1.165) is 11.3 Å². The Labute approximate surface area is 134 Å². The lowest BCUT2D eigenvalue weighted by Gasteiger charge is -2.07. The number of carboxylic acid groups (broad SMARTS) is 1. The first-order chi connectivity index (χ1) is 11.1. The monoisotopic (exact) mass is 309 g/mol. The van der Waals surface area contributed by atoms with Crippen LogP contribution in [0.3, 0.4) is 0 Å². The summed E-state index contributed by atoms with van der Waals surface area (Å²) in [7, 11) is 1.61. The number of methoxy groups -OCH3 is 1. The molecule has 0 bridgehead atoms. The Balaban J connectivity index is 1.99. The molecule has 2 rings (SSSR count). The van der Waals surface area contributed by atoms with Gasteiger partial charge < -0.3 is 14.6 Å². The highest BCUT2D eigenvalue weighted by atomic mass is 16.5. The molecule has 0 saturated heterocycles. The van der Waals surface area contributed by atoms with E-state index in [2.05, 4.69) is 0 Å². The van der Waals surface area contributed by atoms with Gasteiger partial charge in [-0.3, -0.25) is 0 Å². The summed E-state index contributed by atoms with van der Waals surface area (Å²) in [6.07, 6.45) is 1.32. The van der Waals surface area contributed by atoms with Crippen molar-refractivity contribution in [1.29, 1.82) is 5.26 Å². The number of aliphatic carboxylic acids is 1. The van der Waals surface area contributed by atoms with E-state index in [1.807, 2.05) is 24.3 Å². The number of nitriles is 1. The Kier molecular flexibility index (Phi) is 5.37. The van der Waals surface area contributed by atoms with Gasteiger partial charge in [-0.15, -0.1) is 0 Å². The summed E-state index contributed by atoms with van der Waals surface area (Å²) in [6.45, 7) is 0.414. The molecular weight excluding hydrogens is 294 g/mol. The summed E-state index contributed by atoms with van der Waals surface area (Å²) in [5, 5.41) is 17.5. The van der Waals surface area contributed by atoms with Gasteiger partial charge in [0.2, 0.25) is 0 Å². The molecule has 116 valence electrons. The summed E-state index contributed by atoms with van der Waals surface area (Å²) in [6, 6.07) is 16.1. The van der Waals surface area contributed by atoms with Gasteiger partial charge in [-0.1, -0.05) is 24.3 Å². The maximum absolute atomic E-state index is 10.8. The molecule has 0 aromatic heterocycles. The number of rotatable bonds is 6. The molecule has 0 aliphatic heterocycles. The van der Waals surface area contributed by atoms with Crippen LogP contribution in [0.5, 0.6) is 11.5 Å². The van der Waals surface area contributed by atoms with Crippen molar-refractivity contribution in [2.75, 3.05) is 7.11 Å². The van der Waals surface area contributed by atoms with Gasteiger partial charge in [0.05, 0.1) is 7.11 Å². The third-order valence-corrected chi connectivity index (χ3v) is 3.11. The fraction of sp³-hybridized carbons (Fsp3) is 0.111. The first-order valence-corrected chi connectivity index (χ1v) is 6.83. The van der Waals surface area contributed by atoms with Crippen LogP contribution in [0.15, 0.2) is 54.1 Å². The summed E-state index contributed by atoms with van der Waals surface area (Å²) < 4.78 is 10.7. The number of carboxylic acids is 1. The Morgan fingerprint density at radius 1 is 1.13 bits per heavy atom. The molecular formula is C18H15NO4. The Hall–Kier alpha value is -3.26. The number of ether oxygens (including phenoxy) is 2. The van der Waals surface area contributed by atoms with E-state index in [1.54, 1.807) is 37.4 Å². The fourth-order valence-corrected chi connectivity index (χ4v) is 1.86. The van der Waals surface area contributed by atoms with Gasteiger partial charge in [0, 0.05) is 0 Å². The van der Waals surface area contributed by atoms with Crippen molar-refractivity contribution in [3.63, 3.8) is 0 Å². The lowest BCUT2D eigenvalue weighted by molar-refractivity contribution is -0.132. The third-order valence-electron chi connectivity index (χ3n) is 3.11. The van der Waals surface area contributed by atoms with Crippen LogP contribution in [0, 0.1) is 11.3 Å². The van der Waals surface area contributed by atoms with E-state index in [9.17, 15) is 4.79 Å². The molecule has 0 amide bonds. The van der Waals surface area contributed by atoms with Crippen molar-refractivity contribution in [2.45, 2.75) is 6.61 Å². The molecule has 0 fully saturated rings. The SMILES string of the molecule is COc1ccc(COc2ccc(/C=C(\C#N)C(=O)O)cc2)cc1. The lowest BCUT2D eigenvalue weighted by atomic mass is 10.1. The van der Waals surface area contributed by atoms with Crippen molar-refractivity contribution in [1.82, 2.24) is 0 Å². The molecule has 2 aromatic carbocycles. The third kappa shape index (κ3) is 4.61. The van der Waals surface area contributed by atoms with Gasteiger partial charge in [-0.05, 0) is 41.5 Å². The topological polar surface area (TPSA) is 79.5 Å². The number of nitrogens with zero attached hydrogens (tertiary/aromatic N) is 1. The molecule has 0 radical (unpaired) electrons. The zero-order valence-electron chi connectivity index (χ0n) is 12.5. The zero-order chi connectivity index (χ0) is 16.7. The van der Waals surface area contributed by atoms with Gasteiger partial charge in [0.15, 0.2) is 0 Å². The molecule has 5 nitrogen and oxygen atoms in total. The number of hydrogen-bond donors (Lipinski definition) is 1. The predicted octanol–water partition coefficient (Wildman–Crippen LogP) is 3.27. The van der Waals surface area contributed by atoms with E-state index in [4.69, 9.17) is 19.8 Å². The van der Waals surface area contributed by atoms with Crippen LogP contribution in [-0.2, 0) is 11.4 Å². The lowest BCUT2D eigenvalue weighted by Crippen LogP contribution is -1.97. The first-order valence-electron chi connectivity index (χ1n) is 6.83. The van der Waals surface area contributed by atoms with Crippen LogP contribution in [0.25, 0.3) is 6.08 Å². The number of hydrogen-bond acceptors (Lipinski definition) is 4. The van der Waals surface area contributed by atoms with Gasteiger partial charge in [0.1, 0.15) is 29.7 Å². The molecule has 0 unspecified atom stereocenters. The molecule has 1 N–H and O–H groups in total. The highest BCUT2D eigenvalue weighted by molar-refractivity contribution is 5.96. The smallest absolute Gasteiger partial charge is 0.346 e. The summed E-state index contributed by atoms with van der Waals surface area (Å²) in [4.78, 5) is 10.8. The minimum absolute atomic E-state index is 0.308. The normalized spacial score (nSPS) is 10.7. The van der Waals surface area contributed by atoms with E-state index in [1.165, 1.54) is 6.08 Å². The predicted molar refractivity (Wildman–Crippen MR) is 85.0 cm³/mol. The molecule has 23 heavy (non-hydrogen) atoms. The van der Waals surface area contributed by atoms with E-state index >= 15 is 0 Å². The van der Waals surface area contributed by atoms with Gasteiger partial charge >= 0.3 is 5.97 Å². The minimum Gasteiger partial charge on any atom is -0.497 e. The maximum atomic E-state index is 10.8. The van der Waals surface area contributed by atoms with E-state index < -0.39 is 5.97 Å². The summed E-state index contributed by atoms with van der Waals surface area (Å²) in [5.41, 5.74) is 1.32. The van der Waals surface area contributed by atoms with Gasteiger partial charge in [-0.25, -0.2) is 4.79 Å². The molecule has 5 heteroatoms. The number of carbonyl (C=O) groups is 1. The molecule has 0 spiro atoms. The Morgan fingerprint density at radius 2 is 1.74 bits per heavy atom. The van der Waals surface area contributed by atoms with Crippen LogP contribution >= 0.6 is 0 Å². The van der Waals surface area contributed by atoms with E-state index in [-0.39, 0.29) is 5.57 Å².